The van der Waals surface area contributed by atoms with Crippen LogP contribution in [-0.2, 0) is 14.6 Å². The van der Waals surface area contributed by atoms with Gasteiger partial charge in [0.2, 0.25) is 0 Å². The third kappa shape index (κ3) is 2.92. The minimum Gasteiger partial charge on any atom is -0.380 e. The van der Waals surface area contributed by atoms with Gasteiger partial charge in [-0.3, -0.25) is 0 Å². The third-order valence-electron chi connectivity index (χ3n) is 3.26. The van der Waals surface area contributed by atoms with Crippen molar-refractivity contribution in [3.05, 3.63) is 0 Å². The SMILES string of the molecule is O=S1(=O)CCCC1CNC1CCCOC1. The normalized spacial score (nSPS) is 35.5. The van der Waals surface area contributed by atoms with Crippen molar-refractivity contribution in [3.63, 3.8) is 0 Å². The number of rotatable bonds is 3. The molecule has 2 rings (SSSR count). The number of hydrogen-bond acceptors (Lipinski definition) is 4. The maximum absolute atomic E-state index is 11.6. The predicted octanol–water partition coefficient (Wildman–Crippen LogP) is 0.332. The number of ether oxygens (including phenoxy) is 1. The second-order valence-corrected chi connectivity index (χ2v) is 6.85. The molecule has 0 bridgehead atoms. The van der Waals surface area contributed by atoms with E-state index in [0.29, 0.717) is 18.3 Å². The Morgan fingerprint density at radius 2 is 2.13 bits per heavy atom. The molecule has 2 heterocycles. The molecule has 0 aliphatic carbocycles. The summed E-state index contributed by atoms with van der Waals surface area (Å²) in [6.45, 7) is 2.18. The number of hydrogen-bond donors (Lipinski definition) is 1. The van der Waals surface area contributed by atoms with Gasteiger partial charge in [0, 0.05) is 19.2 Å². The van der Waals surface area contributed by atoms with Crippen molar-refractivity contribution >= 4 is 9.84 Å². The Bertz CT molecular complexity index is 296. The van der Waals surface area contributed by atoms with Gasteiger partial charge in [-0.25, -0.2) is 8.42 Å². The number of nitrogens with one attached hydrogen (secondary N) is 1. The maximum atomic E-state index is 11.6. The van der Waals surface area contributed by atoms with E-state index in [1.54, 1.807) is 0 Å². The van der Waals surface area contributed by atoms with Gasteiger partial charge in [-0.05, 0) is 25.7 Å². The van der Waals surface area contributed by atoms with Gasteiger partial charge in [-0.2, -0.15) is 0 Å². The molecule has 1 N–H and O–H groups in total. The molecule has 0 amide bonds. The summed E-state index contributed by atoms with van der Waals surface area (Å²) in [5.41, 5.74) is 0. The molecule has 5 heteroatoms. The first-order chi connectivity index (χ1) is 7.18. The van der Waals surface area contributed by atoms with Gasteiger partial charge in [-0.1, -0.05) is 0 Å². The van der Waals surface area contributed by atoms with Gasteiger partial charge in [-0.15, -0.1) is 0 Å². The van der Waals surface area contributed by atoms with E-state index in [2.05, 4.69) is 5.32 Å². The van der Waals surface area contributed by atoms with Crippen LogP contribution in [0.3, 0.4) is 0 Å². The summed E-state index contributed by atoms with van der Waals surface area (Å²) in [5.74, 6) is 0.376. The molecule has 0 aromatic rings. The lowest BCUT2D eigenvalue weighted by molar-refractivity contribution is 0.0706. The highest BCUT2D eigenvalue weighted by molar-refractivity contribution is 7.92. The molecule has 4 nitrogen and oxygen atoms in total. The summed E-state index contributed by atoms with van der Waals surface area (Å²) < 4.78 is 28.5. The fraction of sp³-hybridized carbons (Fsp3) is 1.00. The minimum absolute atomic E-state index is 0.153. The monoisotopic (exact) mass is 233 g/mol. The highest BCUT2D eigenvalue weighted by atomic mass is 32.2. The van der Waals surface area contributed by atoms with Gasteiger partial charge in [0.25, 0.3) is 0 Å². The molecule has 0 aromatic heterocycles. The quantitative estimate of drug-likeness (QED) is 0.763. The molecular weight excluding hydrogens is 214 g/mol. The van der Waals surface area contributed by atoms with Gasteiger partial charge in [0.1, 0.15) is 0 Å². The zero-order chi connectivity index (χ0) is 10.7. The lowest BCUT2D eigenvalue weighted by atomic mass is 10.1. The molecule has 2 atom stereocenters. The predicted molar refractivity (Wildman–Crippen MR) is 58.7 cm³/mol. The average Bonchev–Trinajstić information content (AvgIpc) is 2.56. The smallest absolute Gasteiger partial charge is 0.154 e. The van der Waals surface area contributed by atoms with E-state index >= 15 is 0 Å². The molecule has 2 unspecified atom stereocenters. The van der Waals surface area contributed by atoms with Crippen molar-refractivity contribution in [2.75, 3.05) is 25.5 Å². The van der Waals surface area contributed by atoms with E-state index in [-0.39, 0.29) is 5.25 Å². The number of sulfone groups is 1. The molecule has 2 fully saturated rings. The van der Waals surface area contributed by atoms with Crippen LogP contribution < -0.4 is 5.32 Å². The largest absolute Gasteiger partial charge is 0.380 e. The zero-order valence-electron chi connectivity index (χ0n) is 8.94. The molecule has 0 spiro atoms. The first kappa shape index (κ1) is 11.4. The Morgan fingerprint density at radius 1 is 1.27 bits per heavy atom. The van der Waals surface area contributed by atoms with Crippen LogP contribution in [0.4, 0.5) is 0 Å². The Hall–Kier alpha value is -0.130. The highest BCUT2D eigenvalue weighted by Crippen LogP contribution is 2.19. The molecule has 0 aromatic carbocycles. The van der Waals surface area contributed by atoms with E-state index in [9.17, 15) is 8.42 Å². The zero-order valence-corrected chi connectivity index (χ0v) is 9.76. The summed E-state index contributed by atoms with van der Waals surface area (Å²) >= 11 is 0. The topological polar surface area (TPSA) is 55.4 Å². The van der Waals surface area contributed by atoms with Crippen molar-refractivity contribution in [1.82, 2.24) is 5.32 Å². The third-order valence-corrected chi connectivity index (χ3v) is 5.53. The van der Waals surface area contributed by atoms with Gasteiger partial charge in [0.15, 0.2) is 9.84 Å². The first-order valence-electron chi connectivity index (χ1n) is 5.71. The van der Waals surface area contributed by atoms with Crippen molar-refractivity contribution < 1.29 is 13.2 Å². The molecule has 15 heavy (non-hydrogen) atoms. The van der Waals surface area contributed by atoms with Crippen LogP contribution in [0.2, 0.25) is 0 Å². The second-order valence-electron chi connectivity index (χ2n) is 4.45. The molecular formula is C10H19NO3S. The van der Waals surface area contributed by atoms with Crippen LogP contribution in [0.5, 0.6) is 0 Å². The van der Waals surface area contributed by atoms with E-state index in [4.69, 9.17) is 4.74 Å². The Balaban J connectivity index is 1.77. The van der Waals surface area contributed by atoms with Crippen LogP contribution >= 0.6 is 0 Å². The maximum Gasteiger partial charge on any atom is 0.154 e. The van der Waals surface area contributed by atoms with E-state index < -0.39 is 9.84 Å². The Morgan fingerprint density at radius 3 is 2.73 bits per heavy atom. The van der Waals surface area contributed by atoms with Crippen LogP contribution in [0, 0.1) is 0 Å². The van der Waals surface area contributed by atoms with Crippen LogP contribution in [-0.4, -0.2) is 45.2 Å². The summed E-state index contributed by atoms with van der Waals surface area (Å²) in [7, 11) is -2.79. The van der Waals surface area contributed by atoms with E-state index in [0.717, 1.165) is 38.9 Å². The fourth-order valence-electron chi connectivity index (χ4n) is 2.29. The molecule has 88 valence electrons. The summed E-state index contributed by atoms with van der Waals surface area (Å²) in [6.07, 6.45) is 3.83. The molecule has 2 saturated heterocycles. The molecule has 0 saturated carbocycles. The fourth-order valence-corrected chi connectivity index (χ4v) is 4.07. The average molecular weight is 233 g/mol. The summed E-state index contributed by atoms with van der Waals surface area (Å²) in [5, 5.41) is 3.16. The van der Waals surface area contributed by atoms with Gasteiger partial charge in [0.05, 0.1) is 17.6 Å². The lowest BCUT2D eigenvalue weighted by Gasteiger charge is -2.24. The van der Waals surface area contributed by atoms with Crippen LogP contribution in [0.15, 0.2) is 0 Å². The highest BCUT2D eigenvalue weighted by Gasteiger charge is 2.31. The van der Waals surface area contributed by atoms with Crippen molar-refractivity contribution in [2.24, 2.45) is 0 Å². The Kier molecular flexibility index (Phi) is 3.64. The lowest BCUT2D eigenvalue weighted by Crippen LogP contribution is -2.41. The standard InChI is InChI=1S/C10H19NO3S/c12-15(13)6-2-4-10(15)7-11-9-3-1-5-14-8-9/h9-11H,1-8H2. The van der Waals surface area contributed by atoms with Crippen molar-refractivity contribution in [1.29, 1.82) is 0 Å². The van der Waals surface area contributed by atoms with E-state index in [1.807, 2.05) is 0 Å². The Labute approximate surface area is 91.3 Å². The molecule has 2 aliphatic rings. The first-order valence-corrected chi connectivity index (χ1v) is 7.43. The summed E-state index contributed by atoms with van der Waals surface area (Å²) in [6, 6.07) is 0.356. The molecule has 2 aliphatic heterocycles. The van der Waals surface area contributed by atoms with Crippen molar-refractivity contribution in [3.8, 4) is 0 Å². The second kappa shape index (κ2) is 4.80. The summed E-state index contributed by atoms with van der Waals surface area (Å²) in [4.78, 5) is 0. The van der Waals surface area contributed by atoms with Crippen LogP contribution in [0.1, 0.15) is 25.7 Å². The van der Waals surface area contributed by atoms with Gasteiger partial charge >= 0.3 is 0 Å². The van der Waals surface area contributed by atoms with Gasteiger partial charge < -0.3 is 10.1 Å². The van der Waals surface area contributed by atoms with Crippen LogP contribution in [0.25, 0.3) is 0 Å². The molecule has 0 radical (unpaired) electrons. The van der Waals surface area contributed by atoms with E-state index in [1.165, 1.54) is 0 Å². The van der Waals surface area contributed by atoms with Crippen molar-refractivity contribution in [2.45, 2.75) is 37.0 Å². The minimum atomic E-state index is -2.79.